The lowest BCUT2D eigenvalue weighted by Crippen LogP contribution is -2.37. The van der Waals surface area contributed by atoms with Gasteiger partial charge in [-0.15, -0.1) is 0 Å². The standard InChI is InChI=1S/C13H16N2O8/c1-6(16)4-9(18)22-5-7-10(19)11(20)12(23-7)15-3-2-8(17)14-13(15)21/h2-3,7,10-12,19-20H,4-5H2,1H3,(H,14,17,21). The van der Waals surface area contributed by atoms with E-state index in [-0.39, 0.29) is 12.4 Å². The second-order valence-electron chi connectivity index (χ2n) is 5.13. The van der Waals surface area contributed by atoms with E-state index in [9.17, 15) is 29.4 Å². The van der Waals surface area contributed by atoms with E-state index in [1.807, 2.05) is 4.98 Å². The third kappa shape index (κ3) is 3.92. The summed E-state index contributed by atoms with van der Waals surface area (Å²) in [6.45, 7) is 0.837. The van der Waals surface area contributed by atoms with Gasteiger partial charge in [0.1, 0.15) is 37.1 Å². The molecule has 3 N–H and O–H groups in total. The summed E-state index contributed by atoms with van der Waals surface area (Å²) in [7, 11) is 0. The number of esters is 1. The van der Waals surface area contributed by atoms with Gasteiger partial charge in [-0.05, 0) is 6.92 Å². The lowest BCUT2D eigenvalue weighted by molar-refractivity contribution is -0.151. The highest BCUT2D eigenvalue weighted by Gasteiger charge is 2.44. The molecule has 1 fully saturated rings. The maximum absolute atomic E-state index is 11.7. The molecule has 4 unspecified atom stereocenters. The van der Waals surface area contributed by atoms with E-state index in [2.05, 4.69) is 0 Å². The molecule has 1 aliphatic heterocycles. The number of Topliss-reactive ketones (excluding diaryl/α,β-unsaturated/α-hetero) is 1. The van der Waals surface area contributed by atoms with E-state index in [0.29, 0.717) is 0 Å². The summed E-state index contributed by atoms with van der Waals surface area (Å²) >= 11 is 0. The average Bonchev–Trinajstić information content (AvgIpc) is 2.73. The molecule has 10 heteroatoms. The molecule has 4 atom stereocenters. The monoisotopic (exact) mass is 328 g/mol. The molecule has 1 aliphatic rings. The Morgan fingerprint density at radius 3 is 2.65 bits per heavy atom. The largest absolute Gasteiger partial charge is 0.462 e. The van der Waals surface area contributed by atoms with Crippen LogP contribution >= 0.6 is 0 Å². The molecular formula is C13H16N2O8. The first kappa shape index (κ1) is 17.1. The van der Waals surface area contributed by atoms with Crippen molar-refractivity contribution >= 4 is 11.8 Å². The van der Waals surface area contributed by atoms with Crippen molar-refractivity contribution in [1.82, 2.24) is 9.55 Å². The van der Waals surface area contributed by atoms with Crippen LogP contribution in [0, 0.1) is 0 Å². The Balaban J connectivity index is 2.06. The number of carbonyl (C=O) groups excluding carboxylic acids is 2. The maximum atomic E-state index is 11.7. The summed E-state index contributed by atoms with van der Waals surface area (Å²) in [5.74, 6) is -1.16. The highest BCUT2D eigenvalue weighted by Crippen LogP contribution is 2.28. The number of aromatic amines is 1. The third-order valence-electron chi connectivity index (χ3n) is 3.26. The predicted octanol–water partition coefficient (Wildman–Crippen LogP) is -2.32. The number of rotatable bonds is 5. The molecule has 1 aromatic rings. The van der Waals surface area contributed by atoms with Crippen LogP contribution in [0.4, 0.5) is 0 Å². The van der Waals surface area contributed by atoms with E-state index < -0.39 is 48.2 Å². The van der Waals surface area contributed by atoms with Crippen molar-refractivity contribution in [3.05, 3.63) is 33.1 Å². The number of ketones is 1. The summed E-state index contributed by atoms with van der Waals surface area (Å²) in [6, 6.07) is 1.06. The smallest absolute Gasteiger partial charge is 0.330 e. The highest BCUT2D eigenvalue weighted by atomic mass is 16.6. The molecule has 0 aromatic carbocycles. The summed E-state index contributed by atoms with van der Waals surface area (Å²) in [5, 5.41) is 19.9. The van der Waals surface area contributed by atoms with E-state index in [1.54, 1.807) is 0 Å². The Bertz CT molecular complexity index is 708. The van der Waals surface area contributed by atoms with Crippen LogP contribution in [0.3, 0.4) is 0 Å². The first-order valence-corrected chi connectivity index (χ1v) is 6.77. The quantitative estimate of drug-likeness (QED) is 0.403. The van der Waals surface area contributed by atoms with Crippen LogP contribution in [0.2, 0.25) is 0 Å². The zero-order chi connectivity index (χ0) is 17.1. The fourth-order valence-corrected chi connectivity index (χ4v) is 2.15. The minimum absolute atomic E-state index is 0.374. The molecule has 0 spiro atoms. The summed E-state index contributed by atoms with van der Waals surface area (Å²) in [6.07, 6.45) is -4.49. The number of carbonyl (C=O) groups is 2. The number of aliphatic hydroxyl groups excluding tert-OH is 2. The SMILES string of the molecule is CC(=O)CC(=O)OCC1OC(n2ccc(=O)[nH]c2=O)C(O)C1O. The van der Waals surface area contributed by atoms with Crippen molar-refractivity contribution in [1.29, 1.82) is 0 Å². The van der Waals surface area contributed by atoms with Gasteiger partial charge < -0.3 is 19.7 Å². The topological polar surface area (TPSA) is 148 Å². The molecule has 0 bridgehead atoms. The third-order valence-corrected chi connectivity index (χ3v) is 3.26. The van der Waals surface area contributed by atoms with Gasteiger partial charge in [0.05, 0.1) is 0 Å². The van der Waals surface area contributed by atoms with Gasteiger partial charge in [0, 0.05) is 12.3 Å². The van der Waals surface area contributed by atoms with E-state index in [4.69, 9.17) is 9.47 Å². The van der Waals surface area contributed by atoms with Crippen molar-refractivity contribution in [3.63, 3.8) is 0 Å². The van der Waals surface area contributed by atoms with E-state index in [1.165, 1.54) is 6.92 Å². The van der Waals surface area contributed by atoms with Gasteiger partial charge in [0.25, 0.3) is 5.56 Å². The Morgan fingerprint density at radius 1 is 1.35 bits per heavy atom. The van der Waals surface area contributed by atoms with Crippen molar-refractivity contribution < 1.29 is 29.3 Å². The number of hydrogen-bond donors (Lipinski definition) is 3. The number of hydrogen-bond acceptors (Lipinski definition) is 8. The van der Waals surface area contributed by atoms with Crippen LogP contribution < -0.4 is 11.2 Å². The number of nitrogens with zero attached hydrogens (tertiary/aromatic N) is 1. The summed E-state index contributed by atoms with van der Waals surface area (Å²) < 4.78 is 11.0. The van der Waals surface area contributed by atoms with E-state index >= 15 is 0 Å². The molecule has 0 aliphatic carbocycles. The molecule has 1 aromatic heterocycles. The Kier molecular flexibility index (Phi) is 5.08. The first-order valence-electron chi connectivity index (χ1n) is 6.77. The number of ether oxygens (including phenoxy) is 2. The van der Waals surface area contributed by atoms with Gasteiger partial charge in [-0.3, -0.25) is 23.9 Å². The second kappa shape index (κ2) is 6.86. The molecule has 0 saturated carbocycles. The van der Waals surface area contributed by atoms with Gasteiger partial charge in [-0.2, -0.15) is 0 Å². The minimum Gasteiger partial charge on any atom is -0.462 e. The van der Waals surface area contributed by atoms with Crippen LogP contribution in [-0.4, -0.2) is 56.4 Å². The molecule has 0 radical (unpaired) electrons. The van der Waals surface area contributed by atoms with Crippen LogP contribution in [0.15, 0.2) is 21.9 Å². The van der Waals surface area contributed by atoms with Gasteiger partial charge in [-0.1, -0.05) is 0 Å². The lowest BCUT2D eigenvalue weighted by Gasteiger charge is -2.16. The normalized spacial score (nSPS) is 26.9. The number of nitrogens with one attached hydrogen (secondary N) is 1. The number of aliphatic hydroxyl groups is 2. The van der Waals surface area contributed by atoms with Crippen LogP contribution in [0.5, 0.6) is 0 Å². The zero-order valence-corrected chi connectivity index (χ0v) is 12.2. The Morgan fingerprint density at radius 2 is 2.04 bits per heavy atom. The fraction of sp³-hybridized carbons (Fsp3) is 0.538. The fourth-order valence-electron chi connectivity index (χ4n) is 2.15. The van der Waals surface area contributed by atoms with Crippen LogP contribution in [-0.2, 0) is 19.1 Å². The van der Waals surface area contributed by atoms with E-state index in [0.717, 1.165) is 16.8 Å². The molecule has 0 amide bonds. The average molecular weight is 328 g/mol. The first-order chi connectivity index (χ1) is 10.8. The minimum atomic E-state index is -1.46. The summed E-state index contributed by atoms with van der Waals surface area (Å²) in [4.78, 5) is 46.8. The maximum Gasteiger partial charge on any atom is 0.330 e. The van der Waals surface area contributed by atoms with Gasteiger partial charge in [-0.25, -0.2) is 4.79 Å². The molecule has 2 rings (SSSR count). The number of aromatic nitrogens is 2. The second-order valence-corrected chi connectivity index (χ2v) is 5.13. The lowest BCUT2D eigenvalue weighted by atomic mass is 10.1. The molecule has 10 nitrogen and oxygen atoms in total. The molecular weight excluding hydrogens is 312 g/mol. The zero-order valence-electron chi connectivity index (χ0n) is 12.2. The van der Waals surface area contributed by atoms with Crippen molar-refractivity contribution in [2.75, 3.05) is 6.61 Å². The Labute approximate surface area is 129 Å². The number of H-pyrrole nitrogens is 1. The predicted molar refractivity (Wildman–Crippen MR) is 73.5 cm³/mol. The van der Waals surface area contributed by atoms with Crippen molar-refractivity contribution in [3.8, 4) is 0 Å². The van der Waals surface area contributed by atoms with Gasteiger partial charge in [0.2, 0.25) is 0 Å². The molecule has 1 saturated heterocycles. The van der Waals surface area contributed by atoms with Crippen LogP contribution in [0.1, 0.15) is 19.6 Å². The Hall–Kier alpha value is -2.30. The summed E-state index contributed by atoms with van der Waals surface area (Å²) in [5.41, 5.74) is -1.43. The van der Waals surface area contributed by atoms with Gasteiger partial charge in [0.15, 0.2) is 6.23 Å². The highest BCUT2D eigenvalue weighted by molar-refractivity contribution is 5.94. The molecule has 23 heavy (non-hydrogen) atoms. The van der Waals surface area contributed by atoms with Crippen LogP contribution in [0.25, 0.3) is 0 Å². The van der Waals surface area contributed by atoms with Gasteiger partial charge >= 0.3 is 11.7 Å². The molecule has 2 heterocycles. The van der Waals surface area contributed by atoms with Crippen molar-refractivity contribution in [2.24, 2.45) is 0 Å². The van der Waals surface area contributed by atoms with Crippen molar-refractivity contribution in [2.45, 2.75) is 37.9 Å². The molecule has 126 valence electrons.